The van der Waals surface area contributed by atoms with Crippen molar-refractivity contribution < 1.29 is 98.2 Å². The van der Waals surface area contributed by atoms with Crippen LogP contribution in [0.25, 0.3) is 10.8 Å². The molecule has 20 atom stereocenters. The summed E-state index contributed by atoms with van der Waals surface area (Å²) < 4.78 is 53.8. The lowest BCUT2D eigenvalue weighted by Crippen LogP contribution is -2.56. The smallest absolute Gasteiger partial charge is 0.202 e. The van der Waals surface area contributed by atoms with Crippen molar-refractivity contribution in [2.24, 2.45) is 5.92 Å². The van der Waals surface area contributed by atoms with Crippen LogP contribution in [0.2, 0.25) is 0 Å². The molecule has 1 aliphatic carbocycles. The number of fused-ring (bicyclic) bond motifs is 2. The largest absolute Gasteiger partial charge is 0.507 e. The van der Waals surface area contributed by atoms with E-state index in [4.69, 9.17) is 42.6 Å². The first-order valence-corrected chi connectivity index (χ1v) is 21.8. The zero-order valence-electron chi connectivity index (χ0n) is 36.8. The number of methoxy groups -OCH3 is 1. The van der Waals surface area contributed by atoms with Crippen LogP contribution < -0.4 is 4.74 Å². The maximum absolute atomic E-state index is 14.7. The lowest BCUT2D eigenvalue weighted by Gasteiger charge is -2.44. The number of phenols is 2. The first-order valence-electron chi connectivity index (χ1n) is 21.8. The van der Waals surface area contributed by atoms with Crippen molar-refractivity contribution in [1.82, 2.24) is 0 Å². The van der Waals surface area contributed by atoms with Gasteiger partial charge >= 0.3 is 0 Å². The van der Waals surface area contributed by atoms with Gasteiger partial charge in [0.1, 0.15) is 53.9 Å². The number of hydrogen-bond donors (Lipinski definition) is 9. The second kappa shape index (κ2) is 19.6. The molecule has 20 nitrogen and oxygen atoms in total. The maximum Gasteiger partial charge on any atom is 0.202 e. The molecule has 9 N–H and O–H groups in total. The number of carbonyl (C=O) groups is 2. The van der Waals surface area contributed by atoms with Crippen molar-refractivity contribution in [2.45, 2.75) is 190 Å². The molecule has 20 heteroatoms. The average molecular weight is 911 g/mol. The zero-order valence-corrected chi connectivity index (χ0v) is 36.8. The number of phenolic OH excluding ortho intramolecular Hbond substituents is 2. The highest BCUT2D eigenvalue weighted by atomic mass is 16.7. The van der Waals surface area contributed by atoms with Crippen molar-refractivity contribution in [3.05, 3.63) is 28.8 Å². The summed E-state index contributed by atoms with van der Waals surface area (Å²) in [6.07, 6.45) is -20.8. The number of aliphatic hydroxyl groups is 7. The summed E-state index contributed by atoms with van der Waals surface area (Å²) in [6, 6.07) is 3.12. The number of hydrogen-bond acceptors (Lipinski definition) is 20. The molecular weight excluding hydrogens is 848 g/mol. The quantitative estimate of drug-likeness (QED) is 0.137. The fourth-order valence-electron chi connectivity index (χ4n) is 9.51. The van der Waals surface area contributed by atoms with Gasteiger partial charge in [-0.1, -0.05) is 0 Å². The third-order valence-electron chi connectivity index (χ3n) is 13.3. The summed E-state index contributed by atoms with van der Waals surface area (Å²) in [5, 5.41) is 97.6. The molecule has 4 saturated heterocycles. The minimum Gasteiger partial charge on any atom is -0.507 e. The Labute approximate surface area is 369 Å². The van der Waals surface area contributed by atoms with Crippen molar-refractivity contribution >= 4 is 22.3 Å². The van der Waals surface area contributed by atoms with Crippen LogP contribution in [0, 0.1) is 12.8 Å². The Morgan fingerprint density at radius 2 is 1.19 bits per heavy atom. The van der Waals surface area contributed by atoms with Crippen molar-refractivity contribution in [1.29, 1.82) is 0 Å². The molecule has 0 saturated carbocycles. The fraction of sp³-hybridized carbons (Fsp3) is 0.727. The average Bonchev–Trinajstić information content (AvgIpc) is 3.22. The number of aromatic hydroxyl groups is 2. The normalized spacial score (nSPS) is 40.4. The molecule has 4 fully saturated rings. The Balaban J connectivity index is 1.16. The van der Waals surface area contributed by atoms with E-state index in [9.17, 15) is 55.5 Å². The molecule has 2 aromatic rings. The SMILES string of the molecule is CO[C@@H](C1Cc2cc3cc(O[C@H]4C[C@@H](O[C@H]5C[C@@H](O)[C@H](O)[C@@H](C)O5)[C@H](O)[C@@H](C)O4)c(C)c(O)c3c(O)c2C(=O)[C@H]1O[C@H]1C[C@@H](O[C@H]2C[C@@H](O)[C@@H](O)[C@@H](C)O2)[C@H](O)[C@@H](C)O1)[C@@H](O)C(C)=O. The van der Waals surface area contributed by atoms with E-state index < -0.39 is 146 Å². The van der Waals surface area contributed by atoms with Gasteiger partial charge in [-0.15, -0.1) is 0 Å². The molecule has 1 unspecified atom stereocenters. The highest BCUT2D eigenvalue weighted by Gasteiger charge is 2.50. The number of ether oxygens (including phenoxy) is 9. The van der Waals surface area contributed by atoms with E-state index in [1.54, 1.807) is 39.8 Å². The number of Topliss-reactive ketones (excluding diaryl/α,β-unsaturated/α-hetero) is 2. The monoisotopic (exact) mass is 910 g/mol. The first kappa shape index (κ1) is 48.8. The number of carbonyl (C=O) groups excluding carboxylic acids is 2. The van der Waals surface area contributed by atoms with Gasteiger partial charge in [0.25, 0.3) is 0 Å². The van der Waals surface area contributed by atoms with Gasteiger partial charge < -0.3 is 88.6 Å². The number of rotatable bonds is 12. The van der Waals surface area contributed by atoms with Crippen LogP contribution in [0.3, 0.4) is 0 Å². The standard InChI is InChI=1S/C44H62O20/c1-15-26(61-31-13-27(39(52)19(5)59-31)62-29-11-24(46)37(50)17(3)57-29)10-22-8-21-9-23(43(56-7)36(49)16(2)45)44(42(55)34(21)41(54)33(22)35(15)48)64-32-14-28(40(53)20(6)60-32)63-30-12-25(47)38(51)18(4)58-30/h8,10,17-20,23-25,27-32,36-40,43-44,46-54H,9,11-14H2,1-7H3/t17-,18-,19-,20-,23?,24-,25-,27-,28-,29+,30+,31+,32+,36+,37-,38+,39-,40-,43+,44+/m1/s1. The van der Waals surface area contributed by atoms with E-state index in [0.29, 0.717) is 0 Å². The van der Waals surface area contributed by atoms with E-state index in [2.05, 4.69) is 0 Å². The van der Waals surface area contributed by atoms with Crippen LogP contribution >= 0.6 is 0 Å². The van der Waals surface area contributed by atoms with Crippen LogP contribution in [0.15, 0.2) is 12.1 Å². The molecule has 0 amide bonds. The van der Waals surface area contributed by atoms with Crippen LogP contribution in [0.4, 0.5) is 0 Å². The Bertz CT molecular complexity index is 1970. The van der Waals surface area contributed by atoms with Gasteiger partial charge in [0.05, 0.1) is 65.9 Å². The van der Waals surface area contributed by atoms with Crippen molar-refractivity contribution in [2.75, 3.05) is 7.11 Å². The Morgan fingerprint density at radius 3 is 1.69 bits per heavy atom. The lowest BCUT2D eigenvalue weighted by molar-refractivity contribution is -0.311. The number of ketones is 2. The van der Waals surface area contributed by atoms with Gasteiger partial charge in [-0.05, 0) is 71.0 Å². The number of benzene rings is 2. The topological polar surface area (TPSA) is 299 Å². The molecule has 0 radical (unpaired) electrons. The predicted octanol–water partition coefficient (Wildman–Crippen LogP) is 0.119. The van der Waals surface area contributed by atoms with Gasteiger partial charge in [-0.3, -0.25) is 9.59 Å². The minimum absolute atomic E-state index is 0.00331. The zero-order chi connectivity index (χ0) is 46.6. The summed E-state index contributed by atoms with van der Waals surface area (Å²) in [4.78, 5) is 27.3. The summed E-state index contributed by atoms with van der Waals surface area (Å²) in [7, 11) is 1.27. The molecule has 4 aliphatic heterocycles. The molecule has 64 heavy (non-hydrogen) atoms. The third kappa shape index (κ3) is 9.65. The summed E-state index contributed by atoms with van der Waals surface area (Å²) in [6.45, 7) is 9.06. The minimum atomic E-state index is -1.69. The Hall–Kier alpha value is -3.16. The second-order valence-corrected chi connectivity index (χ2v) is 17.8. The summed E-state index contributed by atoms with van der Waals surface area (Å²) in [5.41, 5.74) is 0.266. The van der Waals surface area contributed by atoms with Crippen molar-refractivity contribution in [3.8, 4) is 17.2 Å². The Kier molecular flexibility index (Phi) is 14.9. The van der Waals surface area contributed by atoms with Crippen LogP contribution in [0.1, 0.15) is 81.8 Å². The lowest BCUT2D eigenvalue weighted by atomic mass is 9.75. The van der Waals surface area contributed by atoms with Crippen molar-refractivity contribution in [3.63, 3.8) is 0 Å². The molecule has 0 bridgehead atoms. The third-order valence-corrected chi connectivity index (χ3v) is 13.3. The van der Waals surface area contributed by atoms with Gasteiger partial charge in [0.2, 0.25) is 6.29 Å². The van der Waals surface area contributed by atoms with Gasteiger partial charge in [0, 0.05) is 44.3 Å². The molecule has 0 aromatic heterocycles. The second-order valence-electron chi connectivity index (χ2n) is 17.8. The molecule has 7 rings (SSSR count). The van der Waals surface area contributed by atoms with E-state index in [0.717, 1.165) is 0 Å². The van der Waals surface area contributed by atoms with E-state index in [-0.39, 0.29) is 65.3 Å². The van der Waals surface area contributed by atoms with Crippen LogP contribution in [-0.2, 0) is 49.1 Å². The van der Waals surface area contributed by atoms with Gasteiger partial charge in [-0.2, -0.15) is 0 Å². The van der Waals surface area contributed by atoms with E-state index in [1.807, 2.05) is 0 Å². The molecule has 358 valence electrons. The van der Waals surface area contributed by atoms with Crippen LogP contribution in [-0.4, -0.2) is 181 Å². The number of aliphatic hydroxyl groups excluding tert-OH is 7. The molecular formula is C44H62O20. The van der Waals surface area contributed by atoms with E-state index >= 15 is 0 Å². The van der Waals surface area contributed by atoms with Gasteiger partial charge in [-0.25, -0.2) is 0 Å². The predicted molar refractivity (Wildman–Crippen MR) is 218 cm³/mol. The summed E-state index contributed by atoms with van der Waals surface area (Å²) >= 11 is 0. The van der Waals surface area contributed by atoms with E-state index in [1.165, 1.54) is 21.0 Å². The molecule has 0 spiro atoms. The highest BCUT2D eigenvalue weighted by molar-refractivity contribution is 6.11. The highest BCUT2D eigenvalue weighted by Crippen LogP contribution is 2.47. The van der Waals surface area contributed by atoms with Gasteiger partial charge in [0.15, 0.2) is 30.4 Å². The summed E-state index contributed by atoms with van der Waals surface area (Å²) in [5.74, 6) is -3.30. The first-order chi connectivity index (χ1) is 30.2. The molecule has 4 heterocycles. The maximum atomic E-state index is 14.7. The Morgan fingerprint density at radius 1 is 0.703 bits per heavy atom. The van der Waals surface area contributed by atoms with Crippen LogP contribution in [0.5, 0.6) is 17.2 Å². The fourth-order valence-corrected chi connectivity index (χ4v) is 9.51. The molecule has 2 aromatic carbocycles. The molecule has 5 aliphatic rings.